The fourth-order valence-electron chi connectivity index (χ4n) is 1.75. The Bertz CT molecular complexity index is 663. The van der Waals surface area contributed by atoms with Crippen LogP contribution in [-0.2, 0) is 0 Å². The zero-order chi connectivity index (χ0) is 16.1. The number of halogens is 1. The number of benzene rings is 1. The highest BCUT2D eigenvalue weighted by atomic mass is 19.1. The summed E-state index contributed by atoms with van der Waals surface area (Å²) in [6, 6.07) is 5.50. The predicted octanol–water partition coefficient (Wildman–Crippen LogP) is 3.48. The van der Waals surface area contributed by atoms with Gasteiger partial charge in [-0.2, -0.15) is 0 Å². The molecule has 1 unspecified atom stereocenters. The average Bonchev–Trinajstić information content (AvgIpc) is 2.49. The Labute approximate surface area is 126 Å². The lowest BCUT2D eigenvalue weighted by atomic mass is 10.2. The third-order valence-electron chi connectivity index (χ3n) is 3.11. The largest absolute Gasteiger partial charge is 0.362 e. The Hall–Kier alpha value is -2.77. The van der Waals surface area contributed by atoms with Crippen molar-refractivity contribution in [2.75, 3.05) is 10.6 Å². The maximum absolute atomic E-state index is 12.9. The lowest BCUT2D eigenvalue weighted by molar-refractivity contribution is -0.383. The van der Waals surface area contributed by atoms with E-state index in [4.69, 9.17) is 0 Å². The van der Waals surface area contributed by atoms with Crippen molar-refractivity contribution in [1.82, 2.24) is 9.97 Å². The minimum atomic E-state index is -0.545. The average molecular weight is 305 g/mol. The Morgan fingerprint density at radius 3 is 2.50 bits per heavy atom. The molecule has 0 saturated heterocycles. The second kappa shape index (κ2) is 6.79. The van der Waals surface area contributed by atoms with E-state index in [1.165, 1.54) is 30.6 Å². The molecule has 2 aromatic rings. The third-order valence-corrected chi connectivity index (χ3v) is 3.11. The van der Waals surface area contributed by atoms with Crippen molar-refractivity contribution in [2.45, 2.75) is 26.3 Å². The molecule has 0 saturated carbocycles. The molecular weight excluding hydrogens is 289 g/mol. The summed E-state index contributed by atoms with van der Waals surface area (Å²) in [7, 11) is 0. The van der Waals surface area contributed by atoms with Gasteiger partial charge >= 0.3 is 5.69 Å². The van der Waals surface area contributed by atoms with Gasteiger partial charge in [0.05, 0.1) is 4.92 Å². The summed E-state index contributed by atoms with van der Waals surface area (Å²) in [6.07, 6.45) is 2.03. The first-order chi connectivity index (χ1) is 10.5. The molecule has 2 rings (SSSR count). The van der Waals surface area contributed by atoms with E-state index in [1.807, 2.05) is 13.8 Å². The number of hydrogen-bond donors (Lipinski definition) is 2. The van der Waals surface area contributed by atoms with Gasteiger partial charge in [-0.3, -0.25) is 10.1 Å². The van der Waals surface area contributed by atoms with Gasteiger partial charge in [0.25, 0.3) is 0 Å². The zero-order valence-corrected chi connectivity index (χ0v) is 12.2. The SMILES string of the molecule is CCC(C)Nc1ncnc(Nc2ccc(F)cc2)c1[N+](=O)[O-]. The minimum Gasteiger partial charge on any atom is -0.362 e. The van der Waals surface area contributed by atoms with Crippen LogP contribution in [0.5, 0.6) is 0 Å². The molecule has 0 amide bonds. The van der Waals surface area contributed by atoms with Crippen LogP contribution >= 0.6 is 0 Å². The van der Waals surface area contributed by atoms with Gasteiger partial charge in [-0.1, -0.05) is 6.92 Å². The minimum absolute atomic E-state index is 0.0345. The predicted molar refractivity (Wildman–Crippen MR) is 81.7 cm³/mol. The fraction of sp³-hybridized carbons (Fsp3) is 0.286. The van der Waals surface area contributed by atoms with Crippen LogP contribution in [0.15, 0.2) is 30.6 Å². The van der Waals surface area contributed by atoms with E-state index in [-0.39, 0.29) is 29.2 Å². The quantitative estimate of drug-likeness (QED) is 0.627. The van der Waals surface area contributed by atoms with Crippen LogP contribution < -0.4 is 10.6 Å². The molecule has 1 aromatic carbocycles. The number of nitrogens with zero attached hydrogens (tertiary/aromatic N) is 3. The molecule has 22 heavy (non-hydrogen) atoms. The van der Waals surface area contributed by atoms with Gasteiger partial charge in [-0.25, -0.2) is 14.4 Å². The molecule has 116 valence electrons. The maximum atomic E-state index is 12.9. The molecule has 0 spiro atoms. The van der Waals surface area contributed by atoms with Crippen molar-refractivity contribution in [1.29, 1.82) is 0 Å². The number of nitrogens with one attached hydrogen (secondary N) is 2. The number of rotatable bonds is 6. The van der Waals surface area contributed by atoms with Gasteiger partial charge in [-0.15, -0.1) is 0 Å². The summed E-state index contributed by atoms with van der Waals surface area (Å²) < 4.78 is 12.9. The van der Waals surface area contributed by atoms with Crippen molar-refractivity contribution in [3.63, 3.8) is 0 Å². The molecule has 1 heterocycles. The van der Waals surface area contributed by atoms with Crippen LogP contribution in [0.25, 0.3) is 0 Å². The van der Waals surface area contributed by atoms with Crippen molar-refractivity contribution in [2.24, 2.45) is 0 Å². The first-order valence-electron chi connectivity index (χ1n) is 6.79. The molecule has 7 nitrogen and oxygen atoms in total. The van der Waals surface area contributed by atoms with E-state index >= 15 is 0 Å². The summed E-state index contributed by atoms with van der Waals surface area (Å²) in [5, 5.41) is 17.1. The van der Waals surface area contributed by atoms with Gasteiger partial charge in [0.15, 0.2) is 0 Å². The molecular formula is C14H16FN5O2. The van der Waals surface area contributed by atoms with Crippen molar-refractivity contribution in [3.05, 3.63) is 46.5 Å². The lowest BCUT2D eigenvalue weighted by Crippen LogP contribution is -2.16. The van der Waals surface area contributed by atoms with Gasteiger partial charge in [-0.05, 0) is 37.6 Å². The van der Waals surface area contributed by atoms with Gasteiger partial charge < -0.3 is 10.6 Å². The zero-order valence-electron chi connectivity index (χ0n) is 12.2. The molecule has 0 fully saturated rings. The van der Waals surface area contributed by atoms with Crippen LogP contribution in [-0.4, -0.2) is 20.9 Å². The summed E-state index contributed by atoms with van der Waals surface area (Å²) in [4.78, 5) is 18.7. The molecule has 0 aliphatic carbocycles. The summed E-state index contributed by atoms with van der Waals surface area (Å²) >= 11 is 0. The smallest absolute Gasteiger partial charge is 0.353 e. The fourth-order valence-corrected chi connectivity index (χ4v) is 1.75. The molecule has 2 N–H and O–H groups in total. The Kier molecular flexibility index (Phi) is 4.82. The van der Waals surface area contributed by atoms with Crippen molar-refractivity contribution in [3.8, 4) is 0 Å². The first kappa shape index (κ1) is 15.6. The van der Waals surface area contributed by atoms with E-state index < -0.39 is 4.92 Å². The van der Waals surface area contributed by atoms with Crippen LogP contribution in [0.1, 0.15) is 20.3 Å². The second-order valence-electron chi connectivity index (χ2n) is 4.76. The van der Waals surface area contributed by atoms with Gasteiger partial charge in [0.1, 0.15) is 12.1 Å². The van der Waals surface area contributed by atoms with Crippen LogP contribution in [0.3, 0.4) is 0 Å². The third kappa shape index (κ3) is 3.66. The first-order valence-corrected chi connectivity index (χ1v) is 6.79. The van der Waals surface area contributed by atoms with Crippen LogP contribution in [0, 0.1) is 15.9 Å². The molecule has 0 aliphatic rings. The van der Waals surface area contributed by atoms with E-state index in [0.717, 1.165) is 6.42 Å². The number of aromatic nitrogens is 2. The summed E-state index contributed by atoms with van der Waals surface area (Å²) in [5.41, 5.74) is 0.254. The molecule has 1 atom stereocenters. The van der Waals surface area contributed by atoms with Crippen molar-refractivity contribution < 1.29 is 9.31 Å². The number of hydrogen-bond acceptors (Lipinski definition) is 6. The summed E-state index contributed by atoms with van der Waals surface area (Å²) in [5.74, 6) is -0.182. The van der Waals surface area contributed by atoms with Gasteiger partial charge in [0.2, 0.25) is 11.6 Å². The van der Waals surface area contributed by atoms with E-state index in [0.29, 0.717) is 5.69 Å². The number of anilines is 3. The van der Waals surface area contributed by atoms with E-state index in [9.17, 15) is 14.5 Å². The van der Waals surface area contributed by atoms with Crippen molar-refractivity contribution >= 4 is 23.0 Å². The highest BCUT2D eigenvalue weighted by molar-refractivity contribution is 5.73. The Morgan fingerprint density at radius 2 is 1.91 bits per heavy atom. The Balaban J connectivity index is 2.36. The van der Waals surface area contributed by atoms with Crippen LogP contribution in [0.4, 0.5) is 27.4 Å². The van der Waals surface area contributed by atoms with Gasteiger partial charge in [0, 0.05) is 11.7 Å². The molecule has 0 radical (unpaired) electrons. The van der Waals surface area contributed by atoms with E-state index in [1.54, 1.807) is 0 Å². The molecule has 0 bridgehead atoms. The molecule has 8 heteroatoms. The highest BCUT2D eigenvalue weighted by Gasteiger charge is 2.23. The monoisotopic (exact) mass is 305 g/mol. The van der Waals surface area contributed by atoms with E-state index in [2.05, 4.69) is 20.6 Å². The normalized spacial score (nSPS) is 11.8. The molecule has 1 aromatic heterocycles. The van der Waals surface area contributed by atoms with Crippen LogP contribution in [0.2, 0.25) is 0 Å². The summed E-state index contributed by atoms with van der Waals surface area (Å²) in [6.45, 7) is 3.86. The topological polar surface area (TPSA) is 93.0 Å². The highest BCUT2D eigenvalue weighted by Crippen LogP contribution is 2.31. The Morgan fingerprint density at radius 1 is 1.27 bits per heavy atom. The molecule has 0 aliphatic heterocycles. The maximum Gasteiger partial charge on any atom is 0.353 e. The lowest BCUT2D eigenvalue weighted by Gasteiger charge is -2.13. The number of nitro groups is 1. The second-order valence-corrected chi connectivity index (χ2v) is 4.76. The standard InChI is InChI=1S/C14H16FN5O2/c1-3-9(2)18-13-12(20(21)22)14(17-8-16-13)19-11-6-4-10(15)5-7-11/h4-9H,3H2,1-2H3,(H2,16,17,18,19).